The maximum absolute atomic E-state index is 13.2. The first-order chi connectivity index (χ1) is 13.2. The van der Waals surface area contributed by atoms with Gasteiger partial charge in [0.05, 0.1) is 23.9 Å². The molecule has 28 heavy (non-hydrogen) atoms. The predicted octanol–water partition coefficient (Wildman–Crippen LogP) is 2.13. The molecule has 0 spiro atoms. The van der Waals surface area contributed by atoms with E-state index in [2.05, 4.69) is 18.8 Å². The van der Waals surface area contributed by atoms with Crippen LogP contribution in [0.4, 0.5) is 0 Å². The Balaban J connectivity index is 1.46. The van der Waals surface area contributed by atoms with Crippen LogP contribution < -0.4 is 4.74 Å². The van der Waals surface area contributed by atoms with E-state index in [0.717, 1.165) is 6.42 Å². The van der Waals surface area contributed by atoms with Gasteiger partial charge < -0.3 is 4.74 Å². The normalized spacial score (nSPS) is 31.8. The Morgan fingerprint density at radius 2 is 2.18 bits per heavy atom. The number of pyridine rings is 1. The SMILES string of the molecule is CC1(C)C2CCC1(CS(=O)(=O)N1CCC(Oc3cc(C#N)ccn3)C1)C(=O)C2. The number of carbonyl (C=O) groups excluding carboxylic acids is 1. The van der Waals surface area contributed by atoms with Crippen LogP contribution in [0, 0.1) is 28.1 Å². The minimum Gasteiger partial charge on any atom is -0.473 e. The van der Waals surface area contributed by atoms with Crippen molar-refractivity contribution in [2.45, 2.75) is 45.6 Å². The monoisotopic (exact) mass is 403 g/mol. The molecule has 7 nitrogen and oxygen atoms in total. The minimum atomic E-state index is -3.57. The number of ketones is 1. The summed E-state index contributed by atoms with van der Waals surface area (Å²) in [5, 5.41) is 8.97. The van der Waals surface area contributed by atoms with Gasteiger partial charge in [-0.3, -0.25) is 4.79 Å². The number of Topliss-reactive ketones (excluding diaryl/α,β-unsaturated/α-hetero) is 1. The number of nitriles is 1. The van der Waals surface area contributed by atoms with E-state index in [1.807, 2.05) is 6.07 Å². The second-order valence-corrected chi connectivity index (χ2v) is 10.8. The van der Waals surface area contributed by atoms with Crippen LogP contribution in [0.25, 0.3) is 0 Å². The molecule has 150 valence electrons. The summed E-state index contributed by atoms with van der Waals surface area (Å²) in [6.45, 7) is 4.72. The molecular formula is C20H25N3O4S. The smallest absolute Gasteiger partial charge is 0.215 e. The van der Waals surface area contributed by atoms with Gasteiger partial charge in [-0.15, -0.1) is 0 Å². The topological polar surface area (TPSA) is 100 Å². The average Bonchev–Trinajstić information content (AvgIpc) is 3.25. The Kier molecular flexibility index (Phi) is 4.51. The molecule has 2 heterocycles. The number of fused-ring (bicyclic) bond motifs is 2. The summed E-state index contributed by atoms with van der Waals surface area (Å²) in [6.07, 6.45) is 3.86. The maximum Gasteiger partial charge on any atom is 0.215 e. The highest BCUT2D eigenvalue weighted by Crippen LogP contribution is 2.64. The molecular weight excluding hydrogens is 378 g/mol. The van der Waals surface area contributed by atoms with Crippen LogP contribution in [0.5, 0.6) is 5.88 Å². The summed E-state index contributed by atoms with van der Waals surface area (Å²) < 4.78 is 33.6. The molecule has 0 radical (unpaired) electrons. The lowest BCUT2D eigenvalue weighted by Gasteiger charge is -2.37. The van der Waals surface area contributed by atoms with E-state index in [0.29, 0.717) is 43.2 Å². The van der Waals surface area contributed by atoms with E-state index < -0.39 is 15.4 Å². The van der Waals surface area contributed by atoms with Gasteiger partial charge in [0.15, 0.2) is 0 Å². The van der Waals surface area contributed by atoms with Crippen LogP contribution in [0.2, 0.25) is 0 Å². The van der Waals surface area contributed by atoms with E-state index in [9.17, 15) is 13.2 Å². The van der Waals surface area contributed by atoms with E-state index in [4.69, 9.17) is 10.00 Å². The second kappa shape index (κ2) is 6.53. The highest BCUT2D eigenvalue weighted by molar-refractivity contribution is 7.89. The Hall–Kier alpha value is -1.98. The van der Waals surface area contributed by atoms with Crippen molar-refractivity contribution in [3.05, 3.63) is 23.9 Å². The molecule has 2 aliphatic carbocycles. The second-order valence-electron chi connectivity index (χ2n) is 8.80. The first-order valence-corrected chi connectivity index (χ1v) is 11.3. The van der Waals surface area contributed by atoms with Gasteiger partial charge in [-0.05, 0) is 36.7 Å². The van der Waals surface area contributed by atoms with Gasteiger partial charge in [0.25, 0.3) is 0 Å². The molecule has 8 heteroatoms. The fourth-order valence-corrected chi connectivity index (χ4v) is 7.53. The van der Waals surface area contributed by atoms with Crippen LogP contribution in [0.3, 0.4) is 0 Å². The Morgan fingerprint density at radius 1 is 1.39 bits per heavy atom. The van der Waals surface area contributed by atoms with Gasteiger partial charge in [-0.1, -0.05) is 13.8 Å². The van der Waals surface area contributed by atoms with Crippen molar-refractivity contribution in [3.8, 4) is 11.9 Å². The minimum absolute atomic E-state index is 0.1000. The number of nitrogens with zero attached hydrogens (tertiary/aromatic N) is 3. The van der Waals surface area contributed by atoms with E-state index in [-0.39, 0.29) is 29.6 Å². The number of rotatable bonds is 5. The fraction of sp³-hybridized carbons (Fsp3) is 0.650. The molecule has 3 atom stereocenters. The molecule has 0 N–H and O–H groups in total. The quantitative estimate of drug-likeness (QED) is 0.747. The van der Waals surface area contributed by atoms with Crippen molar-refractivity contribution < 1.29 is 17.9 Å². The summed E-state index contributed by atoms with van der Waals surface area (Å²) in [5.41, 5.74) is -0.573. The number of ether oxygens (including phenoxy) is 1. The zero-order valence-electron chi connectivity index (χ0n) is 16.2. The standard InChI is InChI=1S/C20H25N3O4S/c1-19(2)15-3-6-20(19,17(24)10-15)13-28(25,26)23-8-5-16(12-23)27-18-9-14(11-21)4-7-22-18/h4,7,9,15-16H,3,5-6,8,10,12-13H2,1-2H3. The van der Waals surface area contributed by atoms with Gasteiger partial charge in [-0.2, -0.15) is 9.57 Å². The molecule has 2 bridgehead atoms. The third kappa shape index (κ3) is 2.92. The molecule has 0 aromatic carbocycles. The molecule has 3 aliphatic rings. The van der Waals surface area contributed by atoms with Crippen molar-refractivity contribution >= 4 is 15.8 Å². The molecule has 4 rings (SSSR count). The number of carbonyl (C=O) groups is 1. The van der Waals surface area contributed by atoms with Gasteiger partial charge in [0, 0.05) is 30.6 Å². The first kappa shape index (κ1) is 19.3. The molecule has 1 saturated heterocycles. The first-order valence-electron chi connectivity index (χ1n) is 9.72. The van der Waals surface area contributed by atoms with Crippen LogP contribution in [-0.4, -0.2) is 48.4 Å². The molecule has 1 aromatic rings. The predicted molar refractivity (Wildman–Crippen MR) is 102 cm³/mol. The fourth-order valence-electron chi connectivity index (χ4n) is 5.27. The average molecular weight is 404 g/mol. The lowest BCUT2D eigenvalue weighted by atomic mass is 9.70. The Morgan fingerprint density at radius 3 is 2.82 bits per heavy atom. The van der Waals surface area contributed by atoms with Crippen molar-refractivity contribution in [3.63, 3.8) is 0 Å². The molecule has 1 aliphatic heterocycles. The highest BCUT2D eigenvalue weighted by Gasteiger charge is 2.65. The van der Waals surface area contributed by atoms with Crippen LogP contribution in [0.15, 0.2) is 18.3 Å². The zero-order chi connectivity index (χ0) is 20.2. The van der Waals surface area contributed by atoms with Crippen LogP contribution >= 0.6 is 0 Å². The molecule has 0 amide bonds. The number of hydrogen-bond acceptors (Lipinski definition) is 6. The van der Waals surface area contributed by atoms with Crippen molar-refractivity contribution in [1.82, 2.24) is 9.29 Å². The summed E-state index contributed by atoms with van der Waals surface area (Å²) in [7, 11) is -3.57. The third-order valence-corrected chi connectivity index (χ3v) is 9.20. The van der Waals surface area contributed by atoms with Crippen molar-refractivity contribution in [1.29, 1.82) is 5.26 Å². The number of sulfonamides is 1. The highest BCUT2D eigenvalue weighted by atomic mass is 32.2. The number of hydrogen-bond donors (Lipinski definition) is 0. The van der Waals surface area contributed by atoms with Gasteiger partial charge in [0.1, 0.15) is 11.9 Å². The van der Waals surface area contributed by atoms with E-state index in [1.54, 1.807) is 12.1 Å². The van der Waals surface area contributed by atoms with Crippen molar-refractivity contribution in [2.75, 3.05) is 18.8 Å². The Labute approximate surface area is 165 Å². The van der Waals surface area contributed by atoms with Crippen LogP contribution in [-0.2, 0) is 14.8 Å². The van der Waals surface area contributed by atoms with E-state index in [1.165, 1.54) is 10.5 Å². The summed E-state index contributed by atoms with van der Waals surface area (Å²) in [5.74, 6) is 0.634. The Bertz CT molecular complexity index is 952. The molecule has 3 unspecified atom stereocenters. The third-order valence-electron chi connectivity index (χ3n) is 7.22. The molecule has 1 aromatic heterocycles. The molecule has 2 saturated carbocycles. The van der Waals surface area contributed by atoms with Crippen molar-refractivity contribution in [2.24, 2.45) is 16.7 Å². The lowest BCUT2D eigenvalue weighted by molar-refractivity contribution is -0.128. The summed E-state index contributed by atoms with van der Waals surface area (Å²) in [4.78, 5) is 16.8. The summed E-state index contributed by atoms with van der Waals surface area (Å²) in [6, 6.07) is 5.17. The maximum atomic E-state index is 13.2. The van der Waals surface area contributed by atoms with Gasteiger partial charge in [-0.25, -0.2) is 13.4 Å². The van der Waals surface area contributed by atoms with Gasteiger partial charge >= 0.3 is 0 Å². The zero-order valence-corrected chi connectivity index (χ0v) is 17.0. The van der Waals surface area contributed by atoms with Crippen LogP contribution in [0.1, 0.15) is 45.1 Å². The molecule has 3 fully saturated rings. The van der Waals surface area contributed by atoms with Gasteiger partial charge in [0.2, 0.25) is 15.9 Å². The largest absolute Gasteiger partial charge is 0.473 e. The van der Waals surface area contributed by atoms with E-state index >= 15 is 0 Å². The number of aromatic nitrogens is 1. The summed E-state index contributed by atoms with van der Waals surface area (Å²) >= 11 is 0. The lowest BCUT2D eigenvalue weighted by Crippen LogP contribution is -2.46.